The van der Waals surface area contributed by atoms with Crippen LogP contribution in [-0.4, -0.2) is 20.6 Å². The number of hydrogen-bond acceptors (Lipinski definition) is 2. The predicted octanol–water partition coefficient (Wildman–Crippen LogP) is 1.42. The van der Waals surface area contributed by atoms with Gasteiger partial charge in [0.15, 0.2) is 0 Å². The van der Waals surface area contributed by atoms with Crippen LogP contribution in [0.2, 0.25) is 0 Å². The second kappa shape index (κ2) is 3.31. The van der Waals surface area contributed by atoms with Gasteiger partial charge in [0.1, 0.15) is 0 Å². The lowest BCUT2D eigenvalue weighted by Crippen LogP contribution is -2.37. The zero-order valence-corrected chi connectivity index (χ0v) is 7.66. The van der Waals surface area contributed by atoms with E-state index in [0.29, 0.717) is 12.2 Å². The van der Waals surface area contributed by atoms with Crippen LogP contribution in [0.1, 0.15) is 18.5 Å². The standard InChI is InChI=1S/C9H12F2N2O/c10-9(11)1-7(2-9)3-13-4-8(5-14)12-6-13/h4,6-7,14H,1-3,5H2. The number of alkyl halides is 2. The minimum Gasteiger partial charge on any atom is -0.390 e. The van der Waals surface area contributed by atoms with Gasteiger partial charge >= 0.3 is 0 Å². The van der Waals surface area contributed by atoms with Crippen LogP contribution in [0.4, 0.5) is 8.78 Å². The maximum absolute atomic E-state index is 12.5. The number of rotatable bonds is 3. The summed E-state index contributed by atoms with van der Waals surface area (Å²) in [4.78, 5) is 3.91. The fourth-order valence-electron chi connectivity index (χ4n) is 1.80. The van der Waals surface area contributed by atoms with Crippen molar-refractivity contribution in [1.29, 1.82) is 0 Å². The summed E-state index contributed by atoms with van der Waals surface area (Å²) in [6, 6.07) is 0. The average Bonchev–Trinajstić information content (AvgIpc) is 2.49. The molecule has 0 saturated heterocycles. The predicted molar refractivity (Wildman–Crippen MR) is 45.8 cm³/mol. The molecule has 1 heterocycles. The molecule has 1 aromatic rings. The molecule has 14 heavy (non-hydrogen) atoms. The van der Waals surface area contributed by atoms with Crippen LogP contribution in [0.25, 0.3) is 0 Å². The van der Waals surface area contributed by atoms with Gasteiger partial charge in [-0.15, -0.1) is 0 Å². The fourth-order valence-corrected chi connectivity index (χ4v) is 1.80. The largest absolute Gasteiger partial charge is 0.390 e. The van der Waals surface area contributed by atoms with Crippen LogP contribution < -0.4 is 0 Å². The monoisotopic (exact) mass is 202 g/mol. The molecule has 1 aliphatic carbocycles. The molecule has 0 spiro atoms. The first-order valence-electron chi connectivity index (χ1n) is 4.58. The van der Waals surface area contributed by atoms with E-state index in [-0.39, 0.29) is 25.4 Å². The summed E-state index contributed by atoms with van der Waals surface area (Å²) in [7, 11) is 0. The Labute approximate surface area is 80.4 Å². The van der Waals surface area contributed by atoms with Gasteiger partial charge in [0.25, 0.3) is 0 Å². The van der Waals surface area contributed by atoms with Crippen molar-refractivity contribution in [3.63, 3.8) is 0 Å². The lowest BCUT2D eigenvalue weighted by atomic mass is 9.81. The van der Waals surface area contributed by atoms with E-state index < -0.39 is 5.92 Å². The molecule has 1 aliphatic rings. The highest BCUT2D eigenvalue weighted by molar-refractivity contribution is 4.96. The van der Waals surface area contributed by atoms with E-state index in [1.165, 1.54) is 0 Å². The van der Waals surface area contributed by atoms with E-state index in [1.54, 1.807) is 17.1 Å². The third kappa shape index (κ3) is 1.92. The van der Waals surface area contributed by atoms with Gasteiger partial charge in [0, 0.05) is 25.6 Å². The number of hydrogen-bond donors (Lipinski definition) is 1. The van der Waals surface area contributed by atoms with Crippen LogP contribution in [0.3, 0.4) is 0 Å². The number of aliphatic hydroxyl groups is 1. The average molecular weight is 202 g/mol. The van der Waals surface area contributed by atoms with Crippen molar-refractivity contribution < 1.29 is 13.9 Å². The minimum absolute atomic E-state index is 0.0281. The summed E-state index contributed by atoms with van der Waals surface area (Å²) in [5.74, 6) is -2.41. The SMILES string of the molecule is OCc1cn(CC2CC(F)(F)C2)cn1. The molecule has 3 nitrogen and oxygen atoms in total. The molecule has 1 N–H and O–H groups in total. The molecular formula is C9H12F2N2O. The Morgan fingerprint density at radius 2 is 2.29 bits per heavy atom. The molecule has 0 aliphatic heterocycles. The molecular weight excluding hydrogens is 190 g/mol. The van der Waals surface area contributed by atoms with E-state index >= 15 is 0 Å². The maximum atomic E-state index is 12.5. The fraction of sp³-hybridized carbons (Fsp3) is 0.667. The number of aliphatic hydroxyl groups excluding tert-OH is 1. The Morgan fingerprint density at radius 1 is 1.57 bits per heavy atom. The van der Waals surface area contributed by atoms with Gasteiger partial charge in [-0.2, -0.15) is 0 Å². The summed E-state index contributed by atoms with van der Waals surface area (Å²) in [6.07, 6.45) is 3.21. The zero-order valence-electron chi connectivity index (χ0n) is 7.66. The van der Waals surface area contributed by atoms with Gasteiger partial charge in [0.2, 0.25) is 5.92 Å². The van der Waals surface area contributed by atoms with E-state index in [0.717, 1.165) is 0 Å². The first-order valence-corrected chi connectivity index (χ1v) is 4.58. The van der Waals surface area contributed by atoms with E-state index in [2.05, 4.69) is 4.98 Å². The van der Waals surface area contributed by atoms with Crippen LogP contribution in [-0.2, 0) is 13.2 Å². The zero-order chi connectivity index (χ0) is 10.2. The van der Waals surface area contributed by atoms with Crippen LogP contribution in [0, 0.1) is 5.92 Å². The highest BCUT2D eigenvalue weighted by Gasteiger charge is 2.45. The number of imidazole rings is 1. The second-order valence-corrected chi connectivity index (χ2v) is 3.85. The Morgan fingerprint density at radius 3 is 2.79 bits per heavy atom. The quantitative estimate of drug-likeness (QED) is 0.805. The van der Waals surface area contributed by atoms with Crippen molar-refractivity contribution in [3.8, 4) is 0 Å². The van der Waals surface area contributed by atoms with Gasteiger partial charge < -0.3 is 9.67 Å². The van der Waals surface area contributed by atoms with Crippen molar-refractivity contribution >= 4 is 0 Å². The topological polar surface area (TPSA) is 38.0 Å². The summed E-state index contributed by atoms with van der Waals surface area (Å²) in [5.41, 5.74) is 0.580. The van der Waals surface area contributed by atoms with Crippen LogP contribution in [0.5, 0.6) is 0 Å². The highest BCUT2D eigenvalue weighted by atomic mass is 19.3. The third-order valence-electron chi connectivity index (χ3n) is 2.49. The molecule has 2 rings (SSSR count). The van der Waals surface area contributed by atoms with Gasteiger partial charge in [-0.3, -0.25) is 0 Å². The molecule has 0 atom stereocenters. The molecule has 5 heteroatoms. The Balaban J connectivity index is 1.87. The van der Waals surface area contributed by atoms with Gasteiger partial charge in [-0.25, -0.2) is 13.8 Å². The Hall–Kier alpha value is -0.970. The number of aromatic nitrogens is 2. The molecule has 0 amide bonds. The van der Waals surface area contributed by atoms with E-state index in [4.69, 9.17) is 5.11 Å². The minimum atomic E-state index is -2.45. The van der Waals surface area contributed by atoms with Gasteiger partial charge in [0.05, 0.1) is 18.6 Å². The van der Waals surface area contributed by atoms with Crippen LogP contribution in [0.15, 0.2) is 12.5 Å². The van der Waals surface area contributed by atoms with E-state index in [1.807, 2.05) is 0 Å². The third-order valence-corrected chi connectivity index (χ3v) is 2.49. The smallest absolute Gasteiger partial charge is 0.248 e. The molecule has 0 radical (unpaired) electrons. The molecule has 1 saturated carbocycles. The summed E-state index contributed by atoms with van der Waals surface area (Å²) >= 11 is 0. The van der Waals surface area contributed by atoms with Gasteiger partial charge in [-0.05, 0) is 5.92 Å². The van der Waals surface area contributed by atoms with Crippen molar-refractivity contribution in [1.82, 2.24) is 9.55 Å². The van der Waals surface area contributed by atoms with Gasteiger partial charge in [-0.1, -0.05) is 0 Å². The lowest BCUT2D eigenvalue weighted by Gasteiger charge is -2.34. The molecule has 1 fully saturated rings. The van der Waals surface area contributed by atoms with Crippen LogP contribution >= 0.6 is 0 Å². The first kappa shape index (κ1) is 9.58. The highest BCUT2D eigenvalue weighted by Crippen LogP contribution is 2.42. The molecule has 0 bridgehead atoms. The first-order chi connectivity index (χ1) is 6.59. The Bertz CT molecular complexity index is 316. The molecule has 0 unspecified atom stereocenters. The molecule has 0 aromatic carbocycles. The summed E-state index contributed by atoms with van der Waals surface area (Å²) in [6.45, 7) is 0.469. The molecule has 78 valence electrons. The normalized spacial score (nSPS) is 20.8. The van der Waals surface area contributed by atoms with Crippen molar-refractivity contribution in [2.24, 2.45) is 5.92 Å². The van der Waals surface area contributed by atoms with Crippen molar-refractivity contribution in [2.45, 2.75) is 31.9 Å². The van der Waals surface area contributed by atoms with Crippen molar-refractivity contribution in [3.05, 3.63) is 18.2 Å². The number of nitrogens with zero attached hydrogens (tertiary/aromatic N) is 2. The maximum Gasteiger partial charge on any atom is 0.248 e. The Kier molecular flexibility index (Phi) is 2.26. The van der Waals surface area contributed by atoms with Crippen molar-refractivity contribution in [2.75, 3.05) is 0 Å². The van der Waals surface area contributed by atoms with E-state index in [9.17, 15) is 8.78 Å². The number of halogens is 2. The second-order valence-electron chi connectivity index (χ2n) is 3.85. The lowest BCUT2D eigenvalue weighted by molar-refractivity contribution is -0.114. The summed E-state index contributed by atoms with van der Waals surface area (Å²) in [5, 5.41) is 8.74. The molecule has 1 aromatic heterocycles. The summed E-state index contributed by atoms with van der Waals surface area (Å²) < 4.78 is 26.8.